The van der Waals surface area contributed by atoms with Crippen LogP contribution in [0.2, 0.25) is 0 Å². The number of sulfonamides is 1. The molecule has 0 aliphatic rings. The molecule has 0 fully saturated rings. The number of nitriles is 1. The highest BCUT2D eigenvalue weighted by Crippen LogP contribution is 2.22. The van der Waals surface area contributed by atoms with E-state index in [4.69, 9.17) is 5.73 Å². The summed E-state index contributed by atoms with van der Waals surface area (Å²) < 4.78 is 41.9. The number of nitrogens with two attached hydrogens (primary N) is 1. The summed E-state index contributed by atoms with van der Waals surface area (Å²) in [6, 6.07) is 13.3. The molecule has 8 nitrogen and oxygen atoms in total. The number of carbonyl (C=O) groups is 1. The molecule has 3 rings (SSSR count). The van der Waals surface area contributed by atoms with Crippen molar-refractivity contribution in [1.82, 2.24) is 14.5 Å². The van der Waals surface area contributed by atoms with E-state index in [1.807, 2.05) is 6.07 Å². The van der Waals surface area contributed by atoms with E-state index >= 15 is 0 Å². The van der Waals surface area contributed by atoms with Crippen LogP contribution in [-0.4, -0.2) is 30.5 Å². The summed E-state index contributed by atoms with van der Waals surface area (Å²) in [5.41, 5.74) is 7.45. The van der Waals surface area contributed by atoms with E-state index in [0.29, 0.717) is 29.8 Å². The summed E-state index contributed by atoms with van der Waals surface area (Å²) in [6.45, 7) is 1.46. The Balaban J connectivity index is 1.69. The lowest BCUT2D eigenvalue weighted by atomic mass is 10.1. The highest BCUT2D eigenvalue weighted by atomic mass is 32.2. The molecule has 10 heteroatoms. The van der Waals surface area contributed by atoms with Crippen molar-refractivity contribution >= 4 is 21.6 Å². The summed E-state index contributed by atoms with van der Waals surface area (Å²) >= 11 is 0. The first-order valence-electron chi connectivity index (χ1n) is 9.37. The lowest BCUT2D eigenvalue weighted by Gasteiger charge is -2.07. The van der Waals surface area contributed by atoms with Gasteiger partial charge in [0.25, 0.3) is 0 Å². The van der Waals surface area contributed by atoms with Crippen molar-refractivity contribution in [3.05, 3.63) is 71.2 Å². The molecule has 1 heterocycles. The molecular formula is C21H20FN5O3S. The zero-order valence-electron chi connectivity index (χ0n) is 16.7. The molecule has 0 atom stereocenters. The van der Waals surface area contributed by atoms with Crippen molar-refractivity contribution in [2.75, 3.05) is 12.3 Å². The van der Waals surface area contributed by atoms with Gasteiger partial charge in [0.15, 0.2) is 5.78 Å². The van der Waals surface area contributed by atoms with Crippen LogP contribution in [0.5, 0.6) is 0 Å². The summed E-state index contributed by atoms with van der Waals surface area (Å²) in [4.78, 5) is 11.5. The lowest BCUT2D eigenvalue weighted by molar-refractivity contribution is 0.101. The van der Waals surface area contributed by atoms with Crippen molar-refractivity contribution < 1.29 is 17.6 Å². The van der Waals surface area contributed by atoms with Gasteiger partial charge in [-0.2, -0.15) is 10.4 Å². The number of carbonyl (C=O) groups excluding carboxylic acids is 1. The average molecular weight is 441 g/mol. The number of nitrogens with one attached hydrogen (secondary N) is 1. The first-order valence-corrected chi connectivity index (χ1v) is 10.9. The third-order valence-corrected chi connectivity index (χ3v) is 6.07. The van der Waals surface area contributed by atoms with E-state index in [0.717, 1.165) is 0 Å². The van der Waals surface area contributed by atoms with Crippen LogP contribution < -0.4 is 10.5 Å². The minimum absolute atomic E-state index is 0.00254. The van der Waals surface area contributed by atoms with E-state index in [2.05, 4.69) is 9.82 Å². The van der Waals surface area contributed by atoms with E-state index < -0.39 is 15.8 Å². The number of aromatic nitrogens is 2. The van der Waals surface area contributed by atoms with Gasteiger partial charge in [0, 0.05) is 12.1 Å². The van der Waals surface area contributed by atoms with Crippen molar-refractivity contribution in [3.8, 4) is 11.8 Å². The molecule has 0 aliphatic heterocycles. The van der Waals surface area contributed by atoms with Crippen molar-refractivity contribution in [2.24, 2.45) is 0 Å². The zero-order valence-corrected chi connectivity index (χ0v) is 17.5. The third-order valence-electron chi connectivity index (χ3n) is 4.61. The largest absolute Gasteiger partial charge is 0.382 e. The average Bonchev–Trinajstić information content (AvgIpc) is 3.07. The predicted octanol–water partition coefficient (Wildman–Crippen LogP) is 2.58. The van der Waals surface area contributed by atoms with Crippen LogP contribution in [0.3, 0.4) is 0 Å². The molecule has 0 saturated heterocycles. The van der Waals surface area contributed by atoms with Crippen LogP contribution in [0.25, 0.3) is 5.69 Å². The number of rotatable bonds is 8. The standard InChI is InChI=1S/C21H20FN5O3S/c1-14(28)15-4-2-5-18(12-15)31(29,30)25-11-3-6-20-19(13-23)21(24)27(26-20)17-9-7-16(22)8-10-17/h2,4-5,7-10,12,25H,3,6,11,24H2,1H3. The van der Waals surface area contributed by atoms with Crippen LogP contribution in [0.1, 0.15) is 35.0 Å². The first-order chi connectivity index (χ1) is 14.7. The monoisotopic (exact) mass is 441 g/mol. The molecule has 0 saturated carbocycles. The Bertz CT molecular complexity index is 1260. The maximum Gasteiger partial charge on any atom is 0.240 e. The maximum absolute atomic E-state index is 13.2. The van der Waals surface area contributed by atoms with Gasteiger partial charge in [-0.05, 0) is 56.2 Å². The Morgan fingerprint density at radius 2 is 1.97 bits per heavy atom. The number of nitrogens with zero attached hydrogens (tertiary/aromatic N) is 3. The van der Waals surface area contributed by atoms with Crippen molar-refractivity contribution in [1.29, 1.82) is 5.26 Å². The van der Waals surface area contributed by atoms with Crippen molar-refractivity contribution in [3.63, 3.8) is 0 Å². The molecular weight excluding hydrogens is 421 g/mol. The van der Waals surface area contributed by atoms with Crippen LogP contribution >= 0.6 is 0 Å². The van der Waals surface area contributed by atoms with E-state index in [1.165, 1.54) is 54.1 Å². The molecule has 0 aliphatic carbocycles. The van der Waals surface area contributed by atoms with E-state index in [9.17, 15) is 22.9 Å². The fourth-order valence-electron chi connectivity index (χ4n) is 2.98. The number of Topliss-reactive ketones (excluding diaryl/α,β-unsaturated/α-hetero) is 1. The number of ketones is 1. The van der Waals surface area contributed by atoms with Crippen molar-refractivity contribution in [2.45, 2.75) is 24.7 Å². The van der Waals surface area contributed by atoms with Gasteiger partial charge in [-0.15, -0.1) is 0 Å². The van der Waals surface area contributed by atoms with Crippen LogP contribution in [-0.2, 0) is 16.4 Å². The molecule has 160 valence electrons. The molecule has 3 N–H and O–H groups in total. The van der Waals surface area contributed by atoms with Crippen LogP contribution in [0, 0.1) is 17.1 Å². The van der Waals surface area contributed by atoms with E-state index in [1.54, 1.807) is 6.07 Å². The molecule has 0 bridgehead atoms. The Morgan fingerprint density at radius 3 is 2.61 bits per heavy atom. The number of aryl methyl sites for hydroxylation is 1. The summed E-state index contributed by atoms with van der Waals surface area (Å²) in [7, 11) is -3.79. The zero-order chi connectivity index (χ0) is 22.6. The third kappa shape index (κ3) is 4.96. The SMILES string of the molecule is CC(=O)c1cccc(S(=O)(=O)NCCCc2nn(-c3ccc(F)cc3)c(N)c2C#N)c1. The van der Waals surface area contributed by atoms with Crippen LogP contribution in [0.4, 0.5) is 10.2 Å². The van der Waals surface area contributed by atoms with Gasteiger partial charge < -0.3 is 5.73 Å². The number of anilines is 1. The first kappa shape index (κ1) is 22.1. The molecule has 0 unspecified atom stereocenters. The Kier molecular flexibility index (Phi) is 6.48. The normalized spacial score (nSPS) is 11.3. The highest BCUT2D eigenvalue weighted by molar-refractivity contribution is 7.89. The van der Waals surface area contributed by atoms with Gasteiger partial charge in [0.05, 0.1) is 16.3 Å². The molecule has 31 heavy (non-hydrogen) atoms. The number of halogens is 1. The number of benzene rings is 2. The topological polar surface area (TPSA) is 131 Å². The van der Waals surface area contributed by atoms with Gasteiger partial charge in [-0.3, -0.25) is 4.79 Å². The van der Waals surface area contributed by atoms with Crippen LogP contribution in [0.15, 0.2) is 53.4 Å². The molecule has 3 aromatic rings. The molecule has 0 amide bonds. The second-order valence-electron chi connectivity index (χ2n) is 6.79. The molecule has 0 radical (unpaired) electrons. The Labute approximate surface area is 179 Å². The van der Waals surface area contributed by atoms with E-state index in [-0.39, 0.29) is 28.6 Å². The summed E-state index contributed by atoms with van der Waals surface area (Å²) in [5.74, 6) is -0.502. The molecule has 2 aromatic carbocycles. The number of hydrogen-bond acceptors (Lipinski definition) is 6. The maximum atomic E-state index is 13.2. The molecule has 0 spiro atoms. The van der Waals surface area contributed by atoms with Gasteiger partial charge in [-0.1, -0.05) is 12.1 Å². The minimum Gasteiger partial charge on any atom is -0.382 e. The Hall–Kier alpha value is -3.55. The van der Waals surface area contributed by atoms with Gasteiger partial charge in [0.1, 0.15) is 23.3 Å². The highest BCUT2D eigenvalue weighted by Gasteiger charge is 2.18. The second kappa shape index (κ2) is 9.07. The summed E-state index contributed by atoms with van der Waals surface area (Å²) in [5, 5.41) is 13.8. The quantitative estimate of drug-likeness (QED) is 0.408. The fourth-order valence-corrected chi connectivity index (χ4v) is 4.10. The lowest BCUT2D eigenvalue weighted by Crippen LogP contribution is -2.25. The smallest absolute Gasteiger partial charge is 0.240 e. The van der Waals surface area contributed by atoms with Gasteiger partial charge in [-0.25, -0.2) is 22.2 Å². The second-order valence-corrected chi connectivity index (χ2v) is 8.56. The molecule has 1 aromatic heterocycles. The minimum atomic E-state index is -3.79. The number of nitrogen functional groups attached to an aromatic ring is 1. The predicted molar refractivity (Wildman–Crippen MR) is 113 cm³/mol. The Morgan fingerprint density at radius 1 is 1.26 bits per heavy atom. The number of hydrogen-bond donors (Lipinski definition) is 2. The summed E-state index contributed by atoms with van der Waals surface area (Å²) in [6.07, 6.45) is 0.664. The van der Waals surface area contributed by atoms with Gasteiger partial charge >= 0.3 is 0 Å². The van der Waals surface area contributed by atoms with Gasteiger partial charge in [0.2, 0.25) is 10.0 Å². The fraction of sp³-hybridized carbons (Fsp3) is 0.190.